The maximum absolute atomic E-state index is 7.69. The molecule has 0 aliphatic carbocycles. The van der Waals surface area contributed by atoms with Crippen molar-refractivity contribution in [1.29, 1.82) is 0 Å². The first-order chi connectivity index (χ1) is 23.5. The van der Waals surface area contributed by atoms with E-state index in [4.69, 9.17) is 26.5 Å². The summed E-state index contributed by atoms with van der Waals surface area (Å²) in [6, 6.07) is 36.9. The third-order valence-electron chi connectivity index (χ3n) is 9.25. The van der Waals surface area contributed by atoms with Gasteiger partial charge in [-0.1, -0.05) is 48.5 Å². The molecule has 0 aliphatic rings. The van der Waals surface area contributed by atoms with Crippen LogP contribution in [0.15, 0.2) is 115 Å². The molecule has 0 N–H and O–H groups in total. The zero-order valence-electron chi connectivity index (χ0n) is 26.6. The molecule has 7 nitrogen and oxygen atoms in total. The van der Waals surface area contributed by atoms with Crippen LogP contribution in [0.1, 0.15) is 16.7 Å². The number of para-hydroxylation sites is 1. The fourth-order valence-electron chi connectivity index (χ4n) is 7.02. The van der Waals surface area contributed by atoms with Gasteiger partial charge >= 0.3 is 0 Å². The maximum Gasteiger partial charge on any atom is 0.188 e. The molecule has 0 fully saturated rings. The van der Waals surface area contributed by atoms with Crippen molar-refractivity contribution < 1.29 is 4.74 Å². The quantitative estimate of drug-likeness (QED) is 0.145. The van der Waals surface area contributed by atoms with Crippen molar-refractivity contribution in [2.75, 3.05) is 0 Å². The van der Waals surface area contributed by atoms with Crippen LogP contribution >= 0.6 is 0 Å². The Morgan fingerprint density at radius 1 is 0.625 bits per heavy atom. The molecule has 0 spiro atoms. The number of nitrogens with zero attached hydrogens (tertiary/aromatic N) is 6. The van der Waals surface area contributed by atoms with Crippen molar-refractivity contribution >= 4 is 54.8 Å². The summed E-state index contributed by atoms with van der Waals surface area (Å²) in [6.07, 6.45) is 1.90. The predicted octanol–water partition coefficient (Wildman–Crippen LogP) is 10.5. The number of hydrogen-bond donors (Lipinski definition) is 0. The normalized spacial score (nSPS) is 11.6. The van der Waals surface area contributed by atoms with E-state index in [9.17, 15) is 0 Å². The van der Waals surface area contributed by atoms with Crippen molar-refractivity contribution in [3.63, 3.8) is 0 Å². The lowest BCUT2D eigenvalue weighted by molar-refractivity contribution is 0.484. The summed E-state index contributed by atoms with van der Waals surface area (Å²) in [5.74, 6) is 3.02. The van der Waals surface area contributed by atoms with Crippen LogP contribution in [0.25, 0.3) is 71.2 Å². The molecule has 0 unspecified atom stereocenters. The van der Waals surface area contributed by atoms with E-state index in [0.29, 0.717) is 17.2 Å². The second kappa shape index (κ2) is 10.5. The zero-order chi connectivity index (χ0) is 32.5. The van der Waals surface area contributed by atoms with E-state index in [0.717, 1.165) is 83.0 Å². The molecule has 0 atom stereocenters. The van der Waals surface area contributed by atoms with Gasteiger partial charge in [0.25, 0.3) is 0 Å². The van der Waals surface area contributed by atoms with Crippen LogP contribution in [0, 0.1) is 27.3 Å². The van der Waals surface area contributed by atoms with Crippen LogP contribution in [-0.4, -0.2) is 24.1 Å². The van der Waals surface area contributed by atoms with Crippen molar-refractivity contribution in [3.05, 3.63) is 143 Å². The monoisotopic (exact) mass is 620 g/mol. The maximum atomic E-state index is 7.69. The van der Waals surface area contributed by atoms with Crippen LogP contribution in [0.5, 0.6) is 11.5 Å². The summed E-state index contributed by atoms with van der Waals surface area (Å²) in [6.45, 7) is 13.9. The number of benzene rings is 5. The second-order valence-corrected chi connectivity index (χ2v) is 12.3. The standard InChI is InChI=1S/C41H28N6O/c1-24-12-19-38(43-23-24)46-35-11-6-5-10-31(35)32-17-15-29(22-37(32)46)48-28-14-16-30-33-20-27(42-4)13-18-36(33)47-40(34(30)21-28)44-45-41(47)39-25(2)8-7-9-26(39)3/h5-23H,1-3H3. The summed E-state index contributed by atoms with van der Waals surface area (Å²) in [7, 11) is 0. The van der Waals surface area contributed by atoms with Crippen molar-refractivity contribution in [2.45, 2.75) is 20.8 Å². The molecule has 7 heteroatoms. The minimum atomic E-state index is 0.580. The number of rotatable bonds is 4. The Balaban J connectivity index is 1.24. The fraction of sp³-hybridized carbons (Fsp3) is 0.0732. The molecule has 48 heavy (non-hydrogen) atoms. The van der Waals surface area contributed by atoms with Crippen molar-refractivity contribution in [1.82, 2.24) is 24.1 Å². The van der Waals surface area contributed by atoms with Gasteiger partial charge in [0.2, 0.25) is 0 Å². The summed E-state index contributed by atoms with van der Waals surface area (Å²) < 4.78 is 10.9. The van der Waals surface area contributed by atoms with Crippen LogP contribution in [0.2, 0.25) is 0 Å². The Kier molecular flexibility index (Phi) is 6.08. The molecule has 5 aromatic carbocycles. The number of fused-ring (bicyclic) bond motifs is 9. The van der Waals surface area contributed by atoms with Gasteiger partial charge < -0.3 is 4.74 Å². The molecule has 9 rings (SSSR count). The van der Waals surface area contributed by atoms with Gasteiger partial charge in [0, 0.05) is 34.0 Å². The van der Waals surface area contributed by atoms with Crippen LogP contribution in [0.4, 0.5) is 5.69 Å². The largest absolute Gasteiger partial charge is 0.457 e. The molecule has 0 aliphatic heterocycles. The minimum absolute atomic E-state index is 0.580. The van der Waals surface area contributed by atoms with E-state index in [1.165, 1.54) is 0 Å². The number of ether oxygens (including phenoxy) is 1. The Labute approximate surface area is 276 Å². The summed E-state index contributed by atoms with van der Waals surface area (Å²) in [4.78, 5) is 8.49. The third-order valence-corrected chi connectivity index (χ3v) is 9.25. The van der Waals surface area contributed by atoms with Crippen LogP contribution < -0.4 is 4.74 Å². The summed E-state index contributed by atoms with van der Waals surface area (Å²) in [5, 5.41) is 14.6. The zero-order valence-corrected chi connectivity index (χ0v) is 26.6. The molecule has 0 bridgehead atoms. The van der Waals surface area contributed by atoms with Crippen molar-refractivity contribution in [3.8, 4) is 28.7 Å². The lowest BCUT2D eigenvalue weighted by Gasteiger charge is -2.14. The smallest absolute Gasteiger partial charge is 0.188 e. The molecule has 228 valence electrons. The molecule has 0 radical (unpaired) electrons. The average molecular weight is 621 g/mol. The average Bonchev–Trinajstić information content (AvgIpc) is 3.68. The first kappa shape index (κ1) is 27.8. The number of aryl methyl sites for hydroxylation is 3. The number of hydrogen-bond acceptors (Lipinski definition) is 4. The van der Waals surface area contributed by atoms with E-state index in [2.05, 4.69) is 100 Å². The van der Waals surface area contributed by atoms with E-state index >= 15 is 0 Å². The first-order valence-electron chi connectivity index (χ1n) is 15.8. The Morgan fingerprint density at radius 3 is 2.19 bits per heavy atom. The van der Waals surface area contributed by atoms with Gasteiger partial charge in [-0.15, -0.1) is 10.2 Å². The molecule has 9 aromatic rings. The SMILES string of the molecule is [C-]#[N+]c1ccc2c(c1)c1ccc(Oc3ccc4c5ccccc5n(-c5ccc(C)cn5)c4c3)cc1c1nnc(-c3c(C)cccc3C)n21. The van der Waals surface area contributed by atoms with Gasteiger partial charge in [-0.3, -0.25) is 8.97 Å². The van der Waals surface area contributed by atoms with Gasteiger partial charge in [-0.25, -0.2) is 9.83 Å². The van der Waals surface area contributed by atoms with Gasteiger partial charge in [0.15, 0.2) is 17.2 Å². The van der Waals surface area contributed by atoms with Gasteiger partial charge in [-0.2, -0.15) is 0 Å². The van der Waals surface area contributed by atoms with E-state index < -0.39 is 0 Å². The highest BCUT2D eigenvalue weighted by Crippen LogP contribution is 2.39. The topological polar surface area (TPSA) is 61.6 Å². The highest BCUT2D eigenvalue weighted by atomic mass is 16.5. The van der Waals surface area contributed by atoms with Crippen molar-refractivity contribution in [2.24, 2.45) is 0 Å². The van der Waals surface area contributed by atoms with Gasteiger partial charge in [0.1, 0.15) is 17.3 Å². The Morgan fingerprint density at radius 2 is 1.40 bits per heavy atom. The lowest BCUT2D eigenvalue weighted by atomic mass is 10.0. The molecular weight excluding hydrogens is 592 g/mol. The fourth-order valence-corrected chi connectivity index (χ4v) is 7.02. The van der Waals surface area contributed by atoms with Crippen LogP contribution in [-0.2, 0) is 0 Å². The van der Waals surface area contributed by atoms with E-state index in [-0.39, 0.29) is 0 Å². The summed E-state index contributed by atoms with van der Waals surface area (Å²) in [5.41, 5.74) is 8.79. The summed E-state index contributed by atoms with van der Waals surface area (Å²) >= 11 is 0. The lowest BCUT2D eigenvalue weighted by Crippen LogP contribution is -1.98. The Hall–Kier alpha value is -6.52. The first-order valence-corrected chi connectivity index (χ1v) is 15.8. The molecule has 0 amide bonds. The highest BCUT2D eigenvalue weighted by molar-refractivity contribution is 6.13. The third kappa shape index (κ3) is 4.16. The van der Waals surface area contributed by atoms with Gasteiger partial charge in [-0.05, 0) is 103 Å². The molecule has 4 aromatic heterocycles. The highest BCUT2D eigenvalue weighted by Gasteiger charge is 2.20. The minimum Gasteiger partial charge on any atom is -0.457 e. The second-order valence-electron chi connectivity index (χ2n) is 12.3. The van der Waals surface area contributed by atoms with Crippen LogP contribution in [0.3, 0.4) is 0 Å². The van der Waals surface area contributed by atoms with E-state index in [1.54, 1.807) is 0 Å². The molecule has 0 saturated carbocycles. The van der Waals surface area contributed by atoms with E-state index in [1.807, 2.05) is 49.5 Å². The Bertz CT molecular complexity index is 2780. The molecular formula is C41H28N6O. The predicted molar refractivity (Wildman–Crippen MR) is 193 cm³/mol. The molecule has 0 saturated heterocycles. The number of pyridine rings is 2. The molecule has 4 heterocycles. The number of aromatic nitrogens is 5. The van der Waals surface area contributed by atoms with Gasteiger partial charge in [0.05, 0.1) is 23.1 Å².